The van der Waals surface area contributed by atoms with E-state index in [2.05, 4.69) is 62.5 Å². The van der Waals surface area contributed by atoms with Crippen molar-refractivity contribution in [3.8, 4) is 28.7 Å². The van der Waals surface area contributed by atoms with Gasteiger partial charge in [0.15, 0.2) is 11.5 Å². The molecule has 3 heterocycles. The Labute approximate surface area is 233 Å². The van der Waals surface area contributed by atoms with Crippen LogP contribution in [0.5, 0.6) is 11.5 Å². The van der Waals surface area contributed by atoms with Crippen LogP contribution in [-0.2, 0) is 11.3 Å². The highest BCUT2D eigenvalue weighted by Gasteiger charge is 2.17. The van der Waals surface area contributed by atoms with E-state index in [4.69, 9.17) is 9.47 Å². The molecule has 0 spiro atoms. The lowest BCUT2D eigenvalue weighted by Gasteiger charge is -2.34. The number of likely N-dealkylation sites (N-methyl/N-ethyl adjacent to an activating group) is 1. The van der Waals surface area contributed by atoms with E-state index in [9.17, 15) is 10.1 Å². The minimum absolute atomic E-state index is 0.00219. The highest BCUT2D eigenvalue weighted by molar-refractivity contribution is 6.06. The summed E-state index contributed by atoms with van der Waals surface area (Å²) >= 11 is 0. The first-order chi connectivity index (χ1) is 19.5. The summed E-state index contributed by atoms with van der Waals surface area (Å²) in [4.78, 5) is 25.4. The average molecular weight is 537 g/mol. The predicted octanol–water partition coefficient (Wildman–Crippen LogP) is 4.22. The smallest absolute Gasteiger partial charge is 0.262 e. The predicted molar refractivity (Wildman–Crippen MR) is 156 cm³/mol. The first kappa shape index (κ1) is 26.8. The normalized spacial score (nSPS) is 14.2. The number of fused-ring (bicyclic) bond motifs is 1. The fourth-order valence-corrected chi connectivity index (χ4v) is 4.94. The number of rotatable bonds is 8. The van der Waals surface area contributed by atoms with Gasteiger partial charge in [-0.15, -0.1) is 0 Å². The van der Waals surface area contributed by atoms with Crippen LogP contribution in [0.15, 0.2) is 66.5 Å². The molecule has 2 aromatic carbocycles. The third-order valence-corrected chi connectivity index (χ3v) is 7.20. The van der Waals surface area contributed by atoms with Gasteiger partial charge in [0.25, 0.3) is 5.91 Å². The second-order valence-corrected chi connectivity index (χ2v) is 9.71. The number of nitrogens with zero attached hydrogens (tertiary/aromatic N) is 4. The molecule has 2 aromatic heterocycles. The van der Waals surface area contributed by atoms with E-state index in [0.717, 1.165) is 53.8 Å². The molecule has 0 bridgehead atoms. The molecule has 0 saturated carbocycles. The van der Waals surface area contributed by atoms with Crippen molar-refractivity contribution in [2.75, 3.05) is 52.3 Å². The van der Waals surface area contributed by atoms with Crippen LogP contribution in [0.2, 0.25) is 0 Å². The molecule has 9 heteroatoms. The highest BCUT2D eigenvalue weighted by Crippen LogP contribution is 2.33. The van der Waals surface area contributed by atoms with Crippen LogP contribution in [0.1, 0.15) is 11.1 Å². The molecule has 5 rings (SSSR count). The number of hydrogen-bond donors (Lipinski definition) is 2. The van der Waals surface area contributed by atoms with Crippen LogP contribution in [0.25, 0.3) is 28.2 Å². The lowest BCUT2D eigenvalue weighted by atomic mass is 9.99. The zero-order valence-corrected chi connectivity index (χ0v) is 22.9. The molecule has 0 unspecified atom stereocenters. The molecular weight excluding hydrogens is 504 g/mol. The van der Waals surface area contributed by atoms with Crippen molar-refractivity contribution in [2.45, 2.75) is 6.54 Å². The lowest BCUT2D eigenvalue weighted by Crippen LogP contribution is -2.44. The number of amides is 1. The molecule has 1 saturated heterocycles. The van der Waals surface area contributed by atoms with Crippen molar-refractivity contribution in [3.05, 3.63) is 77.6 Å². The number of carbonyl (C=O) groups excluding carboxylic acids is 1. The molecule has 4 aromatic rings. The van der Waals surface area contributed by atoms with Crippen molar-refractivity contribution in [1.82, 2.24) is 20.2 Å². The fourth-order valence-electron chi connectivity index (χ4n) is 4.94. The van der Waals surface area contributed by atoms with Crippen LogP contribution in [-0.4, -0.2) is 68.2 Å². The Morgan fingerprint density at radius 1 is 1.10 bits per heavy atom. The summed E-state index contributed by atoms with van der Waals surface area (Å²) in [6.45, 7) is 4.25. The van der Waals surface area contributed by atoms with Gasteiger partial charge in [0, 0.05) is 61.8 Å². The highest BCUT2D eigenvalue weighted by atomic mass is 16.5. The number of aromatic nitrogens is 2. The summed E-state index contributed by atoms with van der Waals surface area (Å²) in [5.74, 6) is 0.711. The SMILES string of the molecule is COc1ccc(CNC(=O)/C(C#N)=C/c2c[nH]c3nccc(-c4cccc(N5CCN(C)CC5)c4)c23)cc1OC. The van der Waals surface area contributed by atoms with Gasteiger partial charge < -0.3 is 29.6 Å². The van der Waals surface area contributed by atoms with E-state index < -0.39 is 5.91 Å². The van der Waals surface area contributed by atoms with E-state index in [1.54, 1.807) is 44.8 Å². The minimum Gasteiger partial charge on any atom is -0.493 e. The number of piperazine rings is 1. The van der Waals surface area contributed by atoms with Crippen LogP contribution in [0.3, 0.4) is 0 Å². The first-order valence-electron chi connectivity index (χ1n) is 13.1. The van der Waals surface area contributed by atoms with Gasteiger partial charge in [0.2, 0.25) is 0 Å². The van der Waals surface area contributed by atoms with Crippen molar-refractivity contribution < 1.29 is 14.3 Å². The number of hydrogen-bond acceptors (Lipinski definition) is 7. The van der Waals surface area contributed by atoms with Crippen LogP contribution >= 0.6 is 0 Å². The van der Waals surface area contributed by atoms with Crippen LogP contribution in [0.4, 0.5) is 5.69 Å². The fraction of sp³-hybridized carbons (Fsp3) is 0.258. The van der Waals surface area contributed by atoms with E-state index >= 15 is 0 Å². The molecule has 0 aliphatic carbocycles. The number of nitrogens with one attached hydrogen (secondary N) is 2. The topological polar surface area (TPSA) is 107 Å². The molecule has 40 heavy (non-hydrogen) atoms. The maximum absolute atomic E-state index is 13.0. The molecule has 1 aliphatic rings. The standard InChI is InChI=1S/C31H32N6O3/c1-36-11-13-37(14-12-36)25-6-4-5-22(17-25)26-9-10-33-30-29(26)24(20-34-30)16-23(18-32)31(38)35-19-21-7-8-27(39-2)28(15-21)40-3/h4-10,15-17,20H,11-14,19H2,1-3H3,(H,33,34)(H,35,38)/b23-16+. The molecule has 9 nitrogen and oxygen atoms in total. The summed E-state index contributed by atoms with van der Waals surface area (Å²) in [6, 6.07) is 17.9. The van der Waals surface area contributed by atoms with Crippen molar-refractivity contribution in [2.24, 2.45) is 0 Å². The van der Waals surface area contributed by atoms with Crippen LogP contribution < -0.4 is 19.7 Å². The van der Waals surface area contributed by atoms with E-state index in [1.807, 2.05) is 12.1 Å². The van der Waals surface area contributed by atoms with Crippen molar-refractivity contribution >= 4 is 28.7 Å². The molecule has 1 amide bonds. The van der Waals surface area contributed by atoms with Crippen molar-refractivity contribution in [3.63, 3.8) is 0 Å². The third-order valence-electron chi connectivity index (χ3n) is 7.20. The number of methoxy groups -OCH3 is 2. The van der Waals surface area contributed by atoms with E-state index in [0.29, 0.717) is 17.1 Å². The summed E-state index contributed by atoms with van der Waals surface area (Å²) in [5.41, 5.74) is 5.45. The largest absolute Gasteiger partial charge is 0.493 e. The molecular formula is C31H32N6O3. The van der Waals surface area contributed by atoms with Gasteiger partial charge in [-0.25, -0.2) is 4.98 Å². The summed E-state index contributed by atoms with van der Waals surface area (Å²) < 4.78 is 10.6. The van der Waals surface area contributed by atoms with E-state index in [1.165, 1.54) is 5.69 Å². The first-order valence-corrected chi connectivity index (χ1v) is 13.1. The number of benzene rings is 2. The zero-order chi connectivity index (χ0) is 28.1. The van der Waals surface area contributed by atoms with Gasteiger partial charge >= 0.3 is 0 Å². The van der Waals surface area contributed by atoms with Gasteiger partial charge in [0.05, 0.1) is 14.2 Å². The average Bonchev–Trinajstić information content (AvgIpc) is 3.41. The molecule has 0 radical (unpaired) electrons. The maximum Gasteiger partial charge on any atom is 0.262 e. The van der Waals surface area contributed by atoms with Gasteiger partial charge in [-0.3, -0.25) is 4.79 Å². The number of carbonyl (C=O) groups is 1. The summed E-state index contributed by atoms with van der Waals surface area (Å²) in [6.07, 6.45) is 5.16. The monoisotopic (exact) mass is 536 g/mol. The Morgan fingerprint density at radius 2 is 1.90 bits per heavy atom. The Hall–Kier alpha value is -4.81. The molecule has 204 valence electrons. The van der Waals surface area contributed by atoms with Gasteiger partial charge in [-0.05, 0) is 60.1 Å². The minimum atomic E-state index is -0.464. The zero-order valence-electron chi connectivity index (χ0n) is 22.9. The van der Waals surface area contributed by atoms with Gasteiger partial charge in [0.1, 0.15) is 17.3 Å². The summed E-state index contributed by atoms with van der Waals surface area (Å²) in [7, 11) is 5.28. The third kappa shape index (κ3) is 5.63. The quantitative estimate of drug-likeness (QED) is 0.257. The van der Waals surface area contributed by atoms with E-state index in [-0.39, 0.29) is 12.1 Å². The number of aromatic amines is 1. The lowest BCUT2D eigenvalue weighted by molar-refractivity contribution is -0.117. The Kier molecular flexibility index (Phi) is 7.99. The second kappa shape index (κ2) is 11.9. The van der Waals surface area contributed by atoms with Gasteiger partial charge in [-0.2, -0.15) is 5.26 Å². The summed E-state index contributed by atoms with van der Waals surface area (Å²) in [5, 5.41) is 13.5. The Balaban J connectivity index is 1.41. The molecule has 2 N–H and O–H groups in total. The van der Waals surface area contributed by atoms with Crippen LogP contribution in [0, 0.1) is 11.3 Å². The Bertz CT molecular complexity index is 1590. The number of ether oxygens (including phenoxy) is 2. The Morgan fingerprint density at radius 3 is 2.65 bits per heavy atom. The molecule has 0 atom stereocenters. The molecule has 1 aliphatic heterocycles. The van der Waals surface area contributed by atoms with Gasteiger partial charge in [-0.1, -0.05) is 18.2 Å². The number of nitriles is 1. The number of pyridine rings is 1. The van der Waals surface area contributed by atoms with Crippen molar-refractivity contribution in [1.29, 1.82) is 5.26 Å². The molecule has 1 fully saturated rings. The maximum atomic E-state index is 13.0. The number of anilines is 1. The number of H-pyrrole nitrogens is 1. The second-order valence-electron chi connectivity index (χ2n) is 9.71.